The predicted octanol–water partition coefficient (Wildman–Crippen LogP) is 1.10. The molecule has 6 nitrogen and oxygen atoms in total. The van der Waals surface area contributed by atoms with E-state index in [0.717, 1.165) is 19.3 Å². The summed E-state index contributed by atoms with van der Waals surface area (Å²) in [6.45, 7) is 5.35. The Kier molecular flexibility index (Phi) is 3.71. The van der Waals surface area contributed by atoms with E-state index in [1.165, 1.54) is 0 Å². The molecule has 108 valence electrons. The molecular weight excluding hydrogens is 248 g/mol. The summed E-state index contributed by atoms with van der Waals surface area (Å²) >= 11 is 0. The number of hydrogen-bond acceptors (Lipinski definition) is 3. The van der Waals surface area contributed by atoms with E-state index in [1.807, 2.05) is 0 Å². The number of fused-ring (bicyclic) bond motifs is 2. The molecule has 0 spiro atoms. The van der Waals surface area contributed by atoms with Crippen LogP contribution in [-0.2, 0) is 9.53 Å². The van der Waals surface area contributed by atoms with Crippen molar-refractivity contribution >= 4 is 12.0 Å². The Morgan fingerprint density at radius 1 is 1.32 bits per heavy atom. The van der Waals surface area contributed by atoms with Crippen molar-refractivity contribution in [1.29, 1.82) is 0 Å². The zero-order valence-corrected chi connectivity index (χ0v) is 11.6. The lowest BCUT2D eigenvalue weighted by molar-refractivity contribution is -0.141. The summed E-state index contributed by atoms with van der Waals surface area (Å²) in [5.74, 6) is -1.02. The van der Waals surface area contributed by atoms with Gasteiger partial charge < -0.3 is 20.5 Å². The first kappa shape index (κ1) is 14.1. The summed E-state index contributed by atoms with van der Waals surface area (Å²) in [6.07, 6.45) is 3.20. The molecule has 2 saturated heterocycles. The van der Waals surface area contributed by atoms with Crippen molar-refractivity contribution in [2.24, 2.45) is 5.41 Å². The highest BCUT2D eigenvalue weighted by molar-refractivity contribution is 5.83. The molecule has 2 heterocycles. The Morgan fingerprint density at radius 2 is 2.00 bits per heavy atom. The Bertz CT molecular complexity index is 377. The molecule has 0 aliphatic carbocycles. The number of aliphatic carboxylic acids is 1. The van der Waals surface area contributed by atoms with Crippen molar-refractivity contribution in [2.75, 3.05) is 0 Å². The van der Waals surface area contributed by atoms with Gasteiger partial charge in [0, 0.05) is 0 Å². The Labute approximate surface area is 112 Å². The van der Waals surface area contributed by atoms with Gasteiger partial charge in [0.05, 0.1) is 18.2 Å². The fourth-order valence-corrected chi connectivity index (χ4v) is 2.78. The monoisotopic (exact) mass is 270 g/mol. The third-order valence-corrected chi connectivity index (χ3v) is 3.81. The summed E-state index contributed by atoms with van der Waals surface area (Å²) in [4.78, 5) is 23.1. The topological polar surface area (TPSA) is 87.7 Å². The number of rotatable bonds is 3. The molecule has 0 aromatic heterocycles. The number of hydrogen-bond donors (Lipinski definition) is 3. The van der Waals surface area contributed by atoms with Gasteiger partial charge in [0.1, 0.15) is 6.04 Å². The van der Waals surface area contributed by atoms with Crippen molar-refractivity contribution in [1.82, 2.24) is 10.6 Å². The summed E-state index contributed by atoms with van der Waals surface area (Å²) in [7, 11) is 0. The summed E-state index contributed by atoms with van der Waals surface area (Å²) in [5.41, 5.74) is -0.533. The van der Waals surface area contributed by atoms with E-state index in [9.17, 15) is 9.59 Å². The minimum Gasteiger partial charge on any atom is -0.480 e. The molecule has 2 aliphatic heterocycles. The van der Waals surface area contributed by atoms with Crippen LogP contribution in [0.1, 0.15) is 40.0 Å². The maximum Gasteiger partial charge on any atom is 0.326 e. The second kappa shape index (κ2) is 5.00. The highest BCUT2D eigenvalue weighted by Crippen LogP contribution is 2.34. The van der Waals surface area contributed by atoms with Gasteiger partial charge in [-0.2, -0.15) is 0 Å². The molecule has 2 fully saturated rings. The van der Waals surface area contributed by atoms with Gasteiger partial charge in [-0.1, -0.05) is 20.8 Å². The summed E-state index contributed by atoms with van der Waals surface area (Å²) < 4.78 is 5.65. The first-order valence-corrected chi connectivity index (χ1v) is 6.72. The first-order valence-electron chi connectivity index (χ1n) is 6.72. The average molecular weight is 270 g/mol. The third kappa shape index (κ3) is 3.18. The predicted molar refractivity (Wildman–Crippen MR) is 68.8 cm³/mol. The largest absolute Gasteiger partial charge is 0.480 e. The van der Waals surface area contributed by atoms with Crippen molar-refractivity contribution in [2.45, 2.75) is 64.3 Å². The van der Waals surface area contributed by atoms with Crippen LogP contribution in [-0.4, -0.2) is 41.4 Å². The van der Waals surface area contributed by atoms with Gasteiger partial charge in [0.25, 0.3) is 0 Å². The van der Waals surface area contributed by atoms with Crippen LogP contribution in [0.2, 0.25) is 0 Å². The molecule has 6 heteroatoms. The van der Waals surface area contributed by atoms with Crippen LogP contribution >= 0.6 is 0 Å². The SMILES string of the molecule is CC(C)(C)[C@H](NC(=O)NC1CC2CCC1O2)C(=O)O. The lowest BCUT2D eigenvalue weighted by atomic mass is 9.87. The molecule has 0 aromatic carbocycles. The molecule has 4 atom stereocenters. The lowest BCUT2D eigenvalue weighted by Crippen LogP contribution is -2.55. The van der Waals surface area contributed by atoms with E-state index >= 15 is 0 Å². The number of amides is 2. The molecule has 0 radical (unpaired) electrons. The highest BCUT2D eigenvalue weighted by atomic mass is 16.5. The zero-order valence-electron chi connectivity index (χ0n) is 11.6. The first-order chi connectivity index (χ1) is 8.77. The van der Waals surface area contributed by atoms with Crippen LogP contribution in [0, 0.1) is 5.41 Å². The number of nitrogens with one attached hydrogen (secondary N) is 2. The average Bonchev–Trinajstić information content (AvgIpc) is 2.85. The molecule has 0 aromatic rings. The third-order valence-electron chi connectivity index (χ3n) is 3.81. The van der Waals surface area contributed by atoms with Gasteiger partial charge in [-0.15, -0.1) is 0 Å². The maximum absolute atomic E-state index is 11.9. The van der Waals surface area contributed by atoms with Crippen molar-refractivity contribution in [3.05, 3.63) is 0 Å². The zero-order chi connectivity index (χ0) is 14.2. The molecular formula is C13H22N2O4. The van der Waals surface area contributed by atoms with Crippen LogP contribution in [0.15, 0.2) is 0 Å². The van der Waals surface area contributed by atoms with Crippen molar-refractivity contribution in [3.8, 4) is 0 Å². The van der Waals surface area contributed by atoms with Crippen LogP contribution < -0.4 is 10.6 Å². The second-order valence-electron chi connectivity index (χ2n) is 6.47. The van der Waals surface area contributed by atoms with Gasteiger partial charge in [-0.25, -0.2) is 9.59 Å². The van der Waals surface area contributed by atoms with Gasteiger partial charge >= 0.3 is 12.0 Å². The molecule has 2 aliphatic rings. The van der Waals surface area contributed by atoms with E-state index in [4.69, 9.17) is 9.84 Å². The fraction of sp³-hybridized carbons (Fsp3) is 0.846. The number of ether oxygens (including phenoxy) is 1. The number of urea groups is 1. The molecule has 19 heavy (non-hydrogen) atoms. The number of carbonyl (C=O) groups is 2. The van der Waals surface area contributed by atoms with Gasteiger partial charge in [-0.05, 0) is 24.7 Å². The molecule has 2 amide bonds. The van der Waals surface area contributed by atoms with Gasteiger partial charge in [0.15, 0.2) is 0 Å². The Hall–Kier alpha value is -1.30. The van der Waals surface area contributed by atoms with Gasteiger partial charge in [0.2, 0.25) is 0 Å². The van der Waals surface area contributed by atoms with Crippen molar-refractivity contribution < 1.29 is 19.4 Å². The maximum atomic E-state index is 11.9. The minimum absolute atomic E-state index is 0.00756. The van der Waals surface area contributed by atoms with E-state index < -0.39 is 23.5 Å². The van der Waals surface area contributed by atoms with Crippen LogP contribution in [0.3, 0.4) is 0 Å². The normalized spacial score (nSPS) is 31.0. The van der Waals surface area contributed by atoms with Crippen molar-refractivity contribution in [3.63, 3.8) is 0 Å². The second-order valence-corrected chi connectivity index (χ2v) is 6.47. The van der Waals surface area contributed by atoms with Crippen LogP contribution in [0.25, 0.3) is 0 Å². The Morgan fingerprint density at radius 3 is 2.42 bits per heavy atom. The van der Waals surface area contributed by atoms with Crippen LogP contribution in [0.5, 0.6) is 0 Å². The lowest BCUT2D eigenvalue weighted by Gasteiger charge is -2.29. The fourth-order valence-electron chi connectivity index (χ4n) is 2.78. The van der Waals surface area contributed by atoms with E-state index in [2.05, 4.69) is 10.6 Å². The molecule has 3 N–H and O–H groups in total. The molecule has 0 saturated carbocycles. The van der Waals surface area contributed by atoms with Gasteiger partial charge in [-0.3, -0.25) is 0 Å². The highest BCUT2D eigenvalue weighted by Gasteiger charge is 2.42. The Balaban J connectivity index is 1.88. The van der Waals surface area contributed by atoms with Crippen LogP contribution in [0.4, 0.5) is 4.79 Å². The van der Waals surface area contributed by atoms with E-state index in [0.29, 0.717) is 0 Å². The quantitative estimate of drug-likeness (QED) is 0.716. The smallest absolute Gasteiger partial charge is 0.326 e. The molecule has 2 bridgehead atoms. The minimum atomic E-state index is -1.02. The number of carboxylic acid groups (broad SMARTS) is 1. The van der Waals surface area contributed by atoms with E-state index in [1.54, 1.807) is 20.8 Å². The molecule has 3 unspecified atom stereocenters. The van der Waals surface area contributed by atoms with E-state index in [-0.39, 0.29) is 18.2 Å². The number of carbonyl (C=O) groups excluding carboxylic acids is 1. The summed E-state index contributed by atoms with van der Waals surface area (Å²) in [5, 5.41) is 14.5. The number of carboxylic acids is 1. The standard InChI is InChI=1S/C13H22N2O4/c1-13(2,3)10(11(16)17)15-12(18)14-8-6-7-4-5-9(8)19-7/h7-10H,4-6H2,1-3H3,(H,16,17)(H2,14,15,18)/t7?,8?,9?,10-/m1/s1. The molecule has 2 rings (SSSR count). The summed E-state index contributed by atoms with van der Waals surface area (Å²) in [6, 6.07) is -1.33.